The number of hydrogen-bond acceptors (Lipinski definition) is 6. The molecule has 2 aliphatic rings. The fraction of sp³-hybridized carbons (Fsp3) is 0.269. The highest BCUT2D eigenvalue weighted by Crippen LogP contribution is 2.47. The predicted octanol–water partition coefficient (Wildman–Crippen LogP) is 12.5. The quantitative estimate of drug-likeness (QED) is 0.0822. The van der Waals surface area contributed by atoms with Crippen LogP contribution in [-0.4, -0.2) is 41.5 Å². The number of hydrogen-bond donors (Lipinski definition) is 3. The fourth-order valence-electron chi connectivity index (χ4n) is 7.19. The standard InChI is InChI=1S/C26H25FO4.C17H16ClFO.C9H10O3/c1-30-20-9-11-25(27)24(15-20)23-14-18(5-10-22(23)19-7-8-19)16-31-21-4-2-3-17(13-21)6-12-26(28)29;1-20-13-5-7-17(19)16(9-13)15-8-11(10-18)2-6-14(15)12-3-4-12;10-8-3-1-2-7(6-8)4-5-9(11)12/h2-5,9-11,13-15,19H,6-8,12,16H2,1H3,(H,28,29);2,5-9,12H,3-4,10H2,1H3;1-3,6,10H,4-5H2,(H,11,12). The number of aryl methyl sites for hydroxylation is 2. The summed E-state index contributed by atoms with van der Waals surface area (Å²) in [6.45, 7) is 0.339. The molecule has 11 heteroatoms. The molecular weight excluding hydrogens is 826 g/mol. The topological polar surface area (TPSA) is 123 Å². The summed E-state index contributed by atoms with van der Waals surface area (Å²) >= 11 is 5.91. The number of halogens is 3. The number of rotatable bonds is 16. The van der Waals surface area contributed by atoms with Crippen molar-refractivity contribution in [2.75, 3.05) is 14.2 Å². The summed E-state index contributed by atoms with van der Waals surface area (Å²) in [6.07, 6.45) is 5.71. The molecule has 0 unspecified atom stereocenters. The number of phenols is 1. The van der Waals surface area contributed by atoms with Gasteiger partial charge in [0.25, 0.3) is 0 Å². The van der Waals surface area contributed by atoms with E-state index in [1.54, 1.807) is 62.8 Å². The number of aromatic hydroxyl groups is 1. The van der Waals surface area contributed by atoms with Crippen LogP contribution < -0.4 is 14.2 Å². The molecule has 0 spiro atoms. The van der Waals surface area contributed by atoms with Crippen molar-refractivity contribution in [3.8, 4) is 45.3 Å². The van der Waals surface area contributed by atoms with Gasteiger partial charge in [-0.15, -0.1) is 11.6 Å². The third-order valence-electron chi connectivity index (χ3n) is 10.8. The van der Waals surface area contributed by atoms with E-state index >= 15 is 0 Å². The zero-order valence-electron chi connectivity index (χ0n) is 35.3. The maximum absolute atomic E-state index is 14.7. The Balaban J connectivity index is 0.000000176. The van der Waals surface area contributed by atoms with Crippen LogP contribution in [0.25, 0.3) is 22.3 Å². The van der Waals surface area contributed by atoms with Crippen LogP contribution in [0.4, 0.5) is 8.78 Å². The first-order chi connectivity index (χ1) is 30.4. The molecule has 0 amide bonds. The lowest BCUT2D eigenvalue weighted by Gasteiger charge is -2.14. The Hall–Kier alpha value is -6.39. The zero-order chi connectivity index (χ0) is 44.9. The number of phenolic OH excluding ortho intramolecular Hbond substituents is 1. The lowest BCUT2D eigenvalue weighted by molar-refractivity contribution is -0.138. The van der Waals surface area contributed by atoms with E-state index in [4.69, 9.17) is 41.1 Å². The van der Waals surface area contributed by atoms with Gasteiger partial charge in [0.1, 0.15) is 41.2 Å². The highest BCUT2D eigenvalue weighted by molar-refractivity contribution is 6.17. The first-order valence-electron chi connectivity index (χ1n) is 20.9. The number of carbonyl (C=O) groups is 2. The Kier molecular flexibility index (Phi) is 16.2. The molecule has 0 aromatic heterocycles. The summed E-state index contributed by atoms with van der Waals surface area (Å²) in [7, 11) is 3.17. The predicted molar refractivity (Wildman–Crippen MR) is 241 cm³/mol. The van der Waals surface area contributed by atoms with E-state index in [9.17, 15) is 18.4 Å². The molecule has 328 valence electrons. The second-order valence-electron chi connectivity index (χ2n) is 15.6. The molecule has 6 aromatic carbocycles. The minimum Gasteiger partial charge on any atom is -0.508 e. The fourth-order valence-corrected chi connectivity index (χ4v) is 7.36. The van der Waals surface area contributed by atoms with E-state index in [1.165, 1.54) is 30.5 Å². The first kappa shape index (κ1) is 46.1. The highest BCUT2D eigenvalue weighted by Gasteiger charge is 2.28. The number of aliphatic carboxylic acids is 2. The van der Waals surface area contributed by atoms with Crippen molar-refractivity contribution in [1.82, 2.24) is 0 Å². The van der Waals surface area contributed by atoms with Gasteiger partial charge < -0.3 is 29.5 Å². The average molecular weight is 877 g/mol. The third-order valence-corrected chi connectivity index (χ3v) is 11.1. The van der Waals surface area contributed by atoms with Crippen LogP contribution in [0.2, 0.25) is 0 Å². The highest BCUT2D eigenvalue weighted by atomic mass is 35.5. The second kappa shape index (κ2) is 22.1. The molecule has 2 aliphatic carbocycles. The Morgan fingerprint density at radius 3 is 1.54 bits per heavy atom. The summed E-state index contributed by atoms with van der Waals surface area (Å²) in [4.78, 5) is 21.0. The van der Waals surface area contributed by atoms with Gasteiger partial charge in [-0.1, -0.05) is 48.5 Å². The normalized spacial score (nSPS) is 12.8. The van der Waals surface area contributed by atoms with Gasteiger partial charge in [0.05, 0.1) is 14.2 Å². The second-order valence-corrected chi connectivity index (χ2v) is 15.9. The van der Waals surface area contributed by atoms with Crippen LogP contribution in [0, 0.1) is 11.6 Å². The van der Waals surface area contributed by atoms with Crippen molar-refractivity contribution in [2.45, 2.75) is 75.7 Å². The summed E-state index contributed by atoms with van der Waals surface area (Å²) < 4.78 is 45.4. The first-order valence-corrected chi connectivity index (χ1v) is 21.4. The van der Waals surface area contributed by atoms with Crippen LogP contribution in [0.3, 0.4) is 0 Å². The minimum absolute atomic E-state index is 0.0849. The van der Waals surface area contributed by atoms with Crippen LogP contribution in [0.5, 0.6) is 23.0 Å². The van der Waals surface area contributed by atoms with Gasteiger partial charge in [0, 0.05) is 29.8 Å². The molecule has 63 heavy (non-hydrogen) atoms. The third kappa shape index (κ3) is 13.5. The van der Waals surface area contributed by atoms with Gasteiger partial charge in [-0.2, -0.15) is 0 Å². The maximum atomic E-state index is 14.7. The molecule has 8 nitrogen and oxygen atoms in total. The van der Waals surface area contributed by atoms with Gasteiger partial charge in [0.15, 0.2) is 0 Å². The van der Waals surface area contributed by atoms with Gasteiger partial charge in [0.2, 0.25) is 0 Å². The van der Waals surface area contributed by atoms with Crippen LogP contribution in [-0.2, 0) is 34.9 Å². The Morgan fingerprint density at radius 1 is 0.571 bits per heavy atom. The van der Waals surface area contributed by atoms with E-state index in [2.05, 4.69) is 12.1 Å². The lowest BCUT2D eigenvalue weighted by Crippen LogP contribution is -2.00. The maximum Gasteiger partial charge on any atom is 0.303 e. The lowest BCUT2D eigenvalue weighted by atomic mass is 9.94. The zero-order valence-corrected chi connectivity index (χ0v) is 36.0. The Bertz CT molecular complexity index is 2520. The molecule has 8 rings (SSSR count). The molecule has 3 N–H and O–H groups in total. The molecule has 0 saturated heterocycles. The van der Waals surface area contributed by atoms with E-state index in [0.717, 1.165) is 51.8 Å². The molecule has 0 atom stereocenters. The smallest absolute Gasteiger partial charge is 0.303 e. The van der Waals surface area contributed by atoms with Crippen molar-refractivity contribution >= 4 is 23.5 Å². The number of carboxylic acid groups (broad SMARTS) is 2. The Labute approximate surface area is 371 Å². The van der Waals surface area contributed by atoms with E-state index < -0.39 is 11.9 Å². The Morgan fingerprint density at radius 2 is 1.06 bits per heavy atom. The largest absolute Gasteiger partial charge is 0.508 e. The SMILES string of the molecule is COc1ccc(F)c(-c2cc(CCl)ccc2C2CC2)c1.COc1ccc(F)c(-c2cc(COc3cccc(CCC(=O)O)c3)ccc2C2CC2)c1.O=C(O)CCc1cccc(O)c1. The van der Waals surface area contributed by atoms with Crippen molar-refractivity contribution in [1.29, 1.82) is 0 Å². The van der Waals surface area contributed by atoms with Crippen LogP contribution >= 0.6 is 11.6 Å². The van der Waals surface area contributed by atoms with Gasteiger partial charge in [-0.3, -0.25) is 9.59 Å². The number of carboxylic acids is 2. The average Bonchev–Trinajstić information content (AvgIpc) is 4.24. The van der Waals surface area contributed by atoms with E-state index in [1.807, 2.05) is 48.5 Å². The van der Waals surface area contributed by atoms with Gasteiger partial charge in [-0.05, 0) is 168 Å². The van der Waals surface area contributed by atoms with Gasteiger partial charge in [-0.25, -0.2) is 8.78 Å². The molecule has 0 bridgehead atoms. The van der Waals surface area contributed by atoms with Crippen LogP contribution in [0.1, 0.15) is 83.7 Å². The van der Waals surface area contributed by atoms with Crippen molar-refractivity contribution in [2.24, 2.45) is 0 Å². The minimum atomic E-state index is -0.821. The molecule has 2 fully saturated rings. The number of benzene rings is 6. The van der Waals surface area contributed by atoms with Crippen molar-refractivity contribution < 1.29 is 47.9 Å². The molecule has 0 heterocycles. The van der Waals surface area contributed by atoms with Crippen molar-refractivity contribution in [3.05, 3.63) is 166 Å². The number of methoxy groups -OCH3 is 2. The number of ether oxygens (including phenoxy) is 3. The van der Waals surface area contributed by atoms with E-state index in [0.29, 0.717) is 65.5 Å². The summed E-state index contributed by atoms with van der Waals surface area (Å²) in [5, 5.41) is 26.3. The van der Waals surface area contributed by atoms with Gasteiger partial charge >= 0.3 is 11.9 Å². The summed E-state index contributed by atoms with van der Waals surface area (Å²) in [5.41, 5.74) is 9.05. The molecule has 6 aromatic rings. The molecule has 0 radical (unpaired) electrons. The molecular formula is C52H51ClF2O8. The summed E-state index contributed by atoms with van der Waals surface area (Å²) in [5.74, 6) is 1.48. The van der Waals surface area contributed by atoms with E-state index in [-0.39, 0.29) is 30.2 Å². The molecule has 2 saturated carbocycles. The number of alkyl halides is 1. The van der Waals surface area contributed by atoms with Crippen molar-refractivity contribution in [3.63, 3.8) is 0 Å². The monoisotopic (exact) mass is 876 g/mol. The molecule has 0 aliphatic heterocycles. The van der Waals surface area contributed by atoms with Crippen LogP contribution in [0.15, 0.2) is 121 Å². The summed E-state index contributed by atoms with van der Waals surface area (Å²) in [6, 6.07) is 36.0.